The van der Waals surface area contributed by atoms with Crippen LogP contribution in [0.4, 0.5) is 0 Å². The molecular formula is C20H21N3O3. The molecule has 0 saturated heterocycles. The van der Waals surface area contributed by atoms with E-state index < -0.39 is 0 Å². The minimum absolute atomic E-state index is 0.181. The van der Waals surface area contributed by atoms with Crippen LogP contribution in [0.3, 0.4) is 0 Å². The molecule has 1 aromatic heterocycles. The highest BCUT2D eigenvalue weighted by Crippen LogP contribution is 2.28. The first kappa shape index (κ1) is 17.5. The number of aromatic nitrogens is 2. The molecule has 3 aromatic rings. The van der Waals surface area contributed by atoms with Crippen molar-refractivity contribution in [2.24, 2.45) is 0 Å². The molecule has 1 amide bonds. The van der Waals surface area contributed by atoms with E-state index in [1.54, 1.807) is 24.2 Å². The Balaban J connectivity index is 1.65. The van der Waals surface area contributed by atoms with Crippen LogP contribution in [-0.2, 0) is 6.54 Å². The first-order chi connectivity index (χ1) is 12.7. The summed E-state index contributed by atoms with van der Waals surface area (Å²) in [5.41, 5.74) is 2.34. The standard InChI is InChI=1S/C20H21N3O3/c1-3-26-18-10-9-15(11-19(18)25-2)12-21-20(24)16-13-22-23(14-16)17-7-5-4-6-8-17/h4-11,13-14H,3,12H2,1-2H3,(H,21,24). The van der Waals surface area contributed by atoms with Crippen molar-refractivity contribution in [3.8, 4) is 17.2 Å². The van der Waals surface area contributed by atoms with Gasteiger partial charge in [-0.2, -0.15) is 5.10 Å². The number of rotatable bonds is 7. The summed E-state index contributed by atoms with van der Waals surface area (Å²) in [7, 11) is 1.60. The number of benzene rings is 2. The summed E-state index contributed by atoms with van der Waals surface area (Å²) in [6.07, 6.45) is 3.27. The summed E-state index contributed by atoms with van der Waals surface area (Å²) in [4.78, 5) is 12.4. The number of hydrogen-bond acceptors (Lipinski definition) is 4. The second-order valence-corrected chi connectivity index (χ2v) is 5.61. The maximum Gasteiger partial charge on any atom is 0.254 e. The third kappa shape index (κ3) is 4.03. The lowest BCUT2D eigenvalue weighted by Gasteiger charge is -2.11. The summed E-state index contributed by atoms with van der Waals surface area (Å²) in [6.45, 7) is 2.87. The van der Waals surface area contributed by atoms with Gasteiger partial charge in [0, 0.05) is 12.7 Å². The van der Waals surface area contributed by atoms with Crippen molar-refractivity contribution in [3.63, 3.8) is 0 Å². The number of ether oxygens (including phenoxy) is 2. The van der Waals surface area contributed by atoms with Crippen molar-refractivity contribution in [1.29, 1.82) is 0 Å². The number of carbonyl (C=O) groups is 1. The molecule has 0 aliphatic carbocycles. The van der Waals surface area contributed by atoms with Gasteiger partial charge in [0.15, 0.2) is 11.5 Å². The second kappa shape index (κ2) is 8.20. The average Bonchev–Trinajstić information content (AvgIpc) is 3.18. The molecule has 134 valence electrons. The molecule has 1 N–H and O–H groups in total. The van der Waals surface area contributed by atoms with Crippen LogP contribution in [0.2, 0.25) is 0 Å². The lowest BCUT2D eigenvalue weighted by molar-refractivity contribution is 0.0951. The van der Waals surface area contributed by atoms with Crippen LogP contribution in [0.15, 0.2) is 60.9 Å². The van der Waals surface area contributed by atoms with E-state index in [4.69, 9.17) is 9.47 Å². The molecule has 2 aromatic carbocycles. The normalized spacial score (nSPS) is 10.4. The van der Waals surface area contributed by atoms with Gasteiger partial charge in [-0.05, 0) is 36.8 Å². The minimum Gasteiger partial charge on any atom is -0.493 e. The van der Waals surface area contributed by atoms with E-state index in [0.29, 0.717) is 30.2 Å². The van der Waals surface area contributed by atoms with Crippen molar-refractivity contribution in [2.75, 3.05) is 13.7 Å². The Morgan fingerprint density at radius 1 is 1.15 bits per heavy atom. The van der Waals surface area contributed by atoms with E-state index in [9.17, 15) is 4.79 Å². The van der Waals surface area contributed by atoms with Gasteiger partial charge in [0.1, 0.15) is 0 Å². The molecule has 1 heterocycles. The molecule has 0 saturated carbocycles. The van der Waals surface area contributed by atoms with Crippen molar-refractivity contribution < 1.29 is 14.3 Å². The van der Waals surface area contributed by atoms with Crippen molar-refractivity contribution >= 4 is 5.91 Å². The van der Waals surface area contributed by atoms with E-state index in [1.165, 1.54) is 0 Å². The largest absolute Gasteiger partial charge is 0.493 e. The van der Waals surface area contributed by atoms with Gasteiger partial charge in [-0.15, -0.1) is 0 Å². The third-order valence-electron chi connectivity index (χ3n) is 3.85. The maximum atomic E-state index is 12.4. The number of methoxy groups -OCH3 is 1. The predicted octanol–water partition coefficient (Wildman–Crippen LogP) is 3.21. The SMILES string of the molecule is CCOc1ccc(CNC(=O)c2cnn(-c3ccccc3)c2)cc1OC. The Morgan fingerprint density at radius 3 is 2.69 bits per heavy atom. The molecule has 0 fully saturated rings. The third-order valence-corrected chi connectivity index (χ3v) is 3.85. The fraction of sp³-hybridized carbons (Fsp3) is 0.200. The van der Waals surface area contributed by atoms with Crippen LogP contribution in [0.1, 0.15) is 22.8 Å². The highest BCUT2D eigenvalue weighted by molar-refractivity contribution is 5.93. The summed E-state index contributed by atoms with van der Waals surface area (Å²) in [5.74, 6) is 1.16. The van der Waals surface area contributed by atoms with Crippen molar-refractivity contribution in [1.82, 2.24) is 15.1 Å². The van der Waals surface area contributed by atoms with Crippen LogP contribution >= 0.6 is 0 Å². The van der Waals surface area contributed by atoms with E-state index >= 15 is 0 Å². The molecule has 3 rings (SSSR count). The number of nitrogens with zero attached hydrogens (tertiary/aromatic N) is 2. The van der Waals surface area contributed by atoms with Crippen molar-refractivity contribution in [2.45, 2.75) is 13.5 Å². The van der Waals surface area contributed by atoms with Gasteiger partial charge < -0.3 is 14.8 Å². The molecule has 6 heteroatoms. The van der Waals surface area contributed by atoms with Gasteiger partial charge in [0.2, 0.25) is 0 Å². The summed E-state index contributed by atoms with van der Waals surface area (Å²) >= 11 is 0. The van der Waals surface area contributed by atoms with Gasteiger partial charge in [-0.3, -0.25) is 4.79 Å². The Hall–Kier alpha value is -3.28. The van der Waals surface area contributed by atoms with Crippen molar-refractivity contribution in [3.05, 3.63) is 72.1 Å². The number of amides is 1. The molecule has 0 aliphatic rings. The van der Waals surface area contributed by atoms with Crippen LogP contribution in [0, 0.1) is 0 Å². The van der Waals surface area contributed by atoms with Gasteiger partial charge >= 0.3 is 0 Å². The average molecular weight is 351 g/mol. The van der Waals surface area contributed by atoms with E-state index in [-0.39, 0.29) is 5.91 Å². The molecule has 0 radical (unpaired) electrons. The fourth-order valence-corrected chi connectivity index (χ4v) is 2.54. The predicted molar refractivity (Wildman–Crippen MR) is 98.9 cm³/mol. The summed E-state index contributed by atoms with van der Waals surface area (Å²) < 4.78 is 12.5. The van der Waals surface area contributed by atoms with Crippen LogP contribution in [-0.4, -0.2) is 29.4 Å². The molecular weight excluding hydrogens is 330 g/mol. The zero-order chi connectivity index (χ0) is 18.4. The number of hydrogen-bond donors (Lipinski definition) is 1. The smallest absolute Gasteiger partial charge is 0.254 e. The number of para-hydroxylation sites is 1. The first-order valence-corrected chi connectivity index (χ1v) is 8.39. The molecule has 0 bridgehead atoms. The van der Waals surface area contributed by atoms with Gasteiger partial charge in [-0.1, -0.05) is 24.3 Å². The van der Waals surface area contributed by atoms with Crippen LogP contribution in [0.25, 0.3) is 5.69 Å². The lowest BCUT2D eigenvalue weighted by Crippen LogP contribution is -2.22. The Morgan fingerprint density at radius 2 is 1.96 bits per heavy atom. The fourth-order valence-electron chi connectivity index (χ4n) is 2.54. The molecule has 6 nitrogen and oxygen atoms in total. The molecule has 0 spiro atoms. The zero-order valence-corrected chi connectivity index (χ0v) is 14.8. The Bertz CT molecular complexity index is 875. The summed E-state index contributed by atoms with van der Waals surface area (Å²) in [6, 6.07) is 15.3. The Labute approximate surface area is 152 Å². The maximum absolute atomic E-state index is 12.4. The minimum atomic E-state index is -0.181. The van der Waals surface area contributed by atoms with Gasteiger partial charge in [-0.25, -0.2) is 4.68 Å². The lowest BCUT2D eigenvalue weighted by atomic mass is 10.2. The molecule has 0 aliphatic heterocycles. The zero-order valence-electron chi connectivity index (χ0n) is 14.8. The van der Waals surface area contributed by atoms with Crippen LogP contribution < -0.4 is 14.8 Å². The number of carbonyl (C=O) groups excluding carboxylic acids is 1. The van der Waals surface area contributed by atoms with E-state index in [2.05, 4.69) is 10.4 Å². The molecule has 0 unspecified atom stereocenters. The quantitative estimate of drug-likeness (QED) is 0.710. The first-order valence-electron chi connectivity index (χ1n) is 8.39. The highest BCUT2D eigenvalue weighted by Gasteiger charge is 2.10. The number of nitrogens with one attached hydrogen (secondary N) is 1. The van der Waals surface area contributed by atoms with E-state index in [1.807, 2.05) is 55.5 Å². The van der Waals surface area contributed by atoms with Gasteiger partial charge in [0.25, 0.3) is 5.91 Å². The monoisotopic (exact) mass is 351 g/mol. The summed E-state index contributed by atoms with van der Waals surface area (Å²) in [5, 5.41) is 7.14. The Kier molecular flexibility index (Phi) is 5.53. The van der Waals surface area contributed by atoms with Gasteiger partial charge in [0.05, 0.1) is 31.2 Å². The highest BCUT2D eigenvalue weighted by atomic mass is 16.5. The van der Waals surface area contributed by atoms with E-state index in [0.717, 1.165) is 11.3 Å². The topological polar surface area (TPSA) is 65.4 Å². The second-order valence-electron chi connectivity index (χ2n) is 5.61. The molecule has 26 heavy (non-hydrogen) atoms. The molecule has 0 atom stereocenters. The van der Waals surface area contributed by atoms with Crippen LogP contribution in [0.5, 0.6) is 11.5 Å².